The van der Waals surface area contributed by atoms with Gasteiger partial charge in [0.2, 0.25) is 0 Å². The van der Waals surface area contributed by atoms with E-state index >= 15 is 0 Å². The summed E-state index contributed by atoms with van der Waals surface area (Å²) in [5.74, 6) is 0.563. The van der Waals surface area contributed by atoms with Crippen LogP contribution in [0, 0.1) is 5.41 Å². The summed E-state index contributed by atoms with van der Waals surface area (Å²) < 4.78 is 0. The second-order valence-corrected chi connectivity index (χ2v) is 5.01. The molecule has 74 valence electrons. The van der Waals surface area contributed by atoms with Crippen LogP contribution in [0.15, 0.2) is 36.4 Å². The fourth-order valence-corrected chi connectivity index (χ4v) is 2.20. The van der Waals surface area contributed by atoms with E-state index in [1.807, 2.05) is 0 Å². The molecule has 0 fully saturated rings. The zero-order valence-electron chi connectivity index (χ0n) is 9.25. The Morgan fingerprint density at radius 3 is 2.71 bits per heavy atom. The summed E-state index contributed by atoms with van der Waals surface area (Å²) in [6.07, 6.45) is 5.85. The summed E-state index contributed by atoms with van der Waals surface area (Å²) >= 11 is 0. The molecule has 0 aliphatic heterocycles. The van der Waals surface area contributed by atoms with Gasteiger partial charge in [0.05, 0.1) is 0 Å². The van der Waals surface area contributed by atoms with Crippen LogP contribution in [0.5, 0.6) is 0 Å². The molecule has 0 aromatic heterocycles. The van der Waals surface area contributed by atoms with Gasteiger partial charge in [-0.15, -0.1) is 0 Å². The third kappa shape index (κ3) is 1.75. The predicted octanol–water partition coefficient (Wildman–Crippen LogP) is 3.93. The Labute approximate surface area is 86.7 Å². The van der Waals surface area contributed by atoms with Crippen molar-refractivity contribution in [2.75, 3.05) is 0 Å². The van der Waals surface area contributed by atoms with Crippen LogP contribution in [0.25, 0.3) is 0 Å². The number of benzene rings is 1. The second kappa shape index (κ2) is 3.27. The van der Waals surface area contributed by atoms with Crippen LogP contribution in [0.2, 0.25) is 0 Å². The summed E-state index contributed by atoms with van der Waals surface area (Å²) in [5, 5.41) is 0. The molecule has 0 saturated heterocycles. The number of allylic oxidation sites excluding steroid dienone is 2. The molecule has 0 spiro atoms. The number of fused-ring (bicyclic) bond motifs is 1. The highest BCUT2D eigenvalue weighted by Crippen LogP contribution is 2.33. The lowest BCUT2D eigenvalue weighted by atomic mass is 9.86. The lowest BCUT2D eigenvalue weighted by Crippen LogP contribution is -2.10. The number of hydrogen-bond acceptors (Lipinski definition) is 0. The van der Waals surface area contributed by atoms with E-state index in [4.69, 9.17) is 0 Å². The Kier molecular flexibility index (Phi) is 2.22. The Morgan fingerprint density at radius 2 is 1.93 bits per heavy atom. The van der Waals surface area contributed by atoms with Crippen LogP contribution in [0.3, 0.4) is 0 Å². The van der Waals surface area contributed by atoms with Crippen molar-refractivity contribution in [1.82, 2.24) is 0 Å². The molecule has 1 aromatic carbocycles. The number of hydrogen-bond donors (Lipinski definition) is 0. The highest BCUT2D eigenvalue weighted by Gasteiger charge is 2.21. The van der Waals surface area contributed by atoms with E-state index in [1.165, 1.54) is 11.1 Å². The quantitative estimate of drug-likeness (QED) is 0.538. The van der Waals surface area contributed by atoms with Crippen molar-refractivity contribution in [3.8, 4) is 0 Å². The Balaban J connectivity index is 2.49. The maximum Gasteiger partial charge on any atom is -0.000750 e. The van der Waals surface area contributed by atoms with Gasteiger partial charge in [0.15, 0.2) is 0 Å². The molecule has 0 heterocycles. The van der Waals surface area contributed by atoms with Crippen LogP contribution >= 0.6 is 0 Å². The molecule has 2 rings (SSSR count). The lowest BCUT2D eigenvalue weighted by molar-refractivity contribution is 0.479. The van der Waals surface area contributed by atoms with E-state index in [1.54, 1.807) is 0 Å². The van der Waals surface area contributed by atoms with Gasteiger partial charge in [-0.05, 0) is 28.9 Å². The average Bonchev–Trinajstić information content (AvgIpc) is 2.25. The van der Waals surface area contributed by atoms with Crippen LogP contribution in [-0.4, -0.2) is 0 Å². The largest absolute Gasteiger partial charge is 0.0819 e. The van der Waals surface area contributed by atoms with E-state index in [9.17, 15) is 0 Å². The zero-order chi connectivity index (χ0) is 10.2. The van der Waals surface area contributed by atoms with Gasteiger partial charge in [0, 0.05) is 0 Å². The smallest absolute Gasteiger partial charge is 0.000750 e. The Morgan fingerprint density at radius 1 is 1.21 bits per heavy atom. The van der Waals surface area contributed by atoms with E-state index < -0.39 is 0 Å². The van der Waals surface area contributed by atoms with Crippen molar-refractivity contribution < 1.29 is 0 Å². The van der Waals surface area contributed by atoms with Gasteiger partial charge in [0.1, 0.15) is 0 Å². The van der Waals surface area contributed by atoms with Crippen molar-refractivity contribution in [2.24, 2.45) is 5.41 Å². The minimum atomic E-state index is 0.306. The molecule has 14 heavy (non-hydrogen) atoms. The van der Waals surface area contributed by atoms with Crippen LogP contribution in [-0.2, 0) is 6.42 Å². The molecule has 0 N–H and O–H groups in total. The van der Waals surface area contributed by atoms with Gasteiger partial charge >= 0.3 is 0 Å². The van der Waals surface area contributed by atoms with Gasteiger partial charge in [-0.3, -0.25) is 0 Å². The first kappa shape index (κ1) is 9.51. The highest BCUT2D eigenvalue weighted by molar-refractivity contribution is 5.36. The zero-order valence-corrected chi connectivity index (χ0v) is 9.25. The third-order valence-corrected chi connectivity index (χ3v) is 3.03. The molecule has 0 radical (unpaired) electrons. The predicted molar refractivity (Wildman–Crippen MR) is 61.5 cm³/mol. The molecular formula is C14H18. The van der Waals surface area contributed by atoms with E-state index in [0.29, 0.717) is 11.3 Å². The van der Waals surface area contributed by atoms with Gasteiger partial charge in [0.25, 0.3) is 0 Å². The van der Waals surface area contributed by atoms with Gasteiger partial charge < -0.3 is 0 Å². The summed E-state index contributed by atoms with van der Waals surface area (Å²) in [7, 11) is 0. The Hall–Kier alpha value is -1.04. The fraction of sp³-hybridized carbons (Fsp3) is 0.429. The topological polar surface area (TPSA) is 0 Å². The van der Waals surface area contributed by atoms with Crippen molar-refractivity contribution in [3.05, 3.63) is 47.5 Å². The summed E-state index contributed by atoms with van der Waals surface area (Å²) in [6.45, 7) is 6.88. The Bertz CT molecular complexity index is 358. The first-order chi connectivity index (χ1) is 6.58. The SMILES string of the molecule is CC1C=CC(C)(C)Cc2ccccc21. The normalized spacial score (nSPS) is 24.1. The second-order valence-electron chi connectivity index (χ2n) is 5.01. The standard InChI is InChI=1S/C14H18/c1-11-8-9-14(2,3)10-12-6-4-5-7-13(11)12/h4-9,11H,10H2,1-3H3. The minimum absolute atomic E-state index is 0.306. The summed E-state index contributed by atoms with van der Waals surface area (Å²) in [4.78, 5) is 0. The van der Waals surface area contributed by atoms with Crippen LogP contribution in [0.4, 0.5) is 0 Å². The molecule has 1 aliphatic carbocycles. The molecule has 0 bridgehead atoms. The van der Waals surface area contributed by atoms with Crippen molar-refractivity contribution in [3.63, 3.8) is 0 Å². The maximum atomic E-state index is 2.36. The molecule has 1 aromatic rings. The van der Waals surface area contributed by atoms with Crippen LogP contribution < -0.4 is 0 Å². The molecule has 0 amide bonds. The molecule has 0 nitrogen and oxygen atoms in total. The van der Waals surface area contributed by atoms with Gasteiger partial charge in [-0.2, -0.15) is 0 Å². The number of rotatable bonds is 0. The minimum Gasteiger partial charge on any atom is -0.0819 e. The highest BCUT2D eigenvalue weighted by atomic mass is 14.3. The molecule has 1 unspecified atom stereocenters. The average molecular weight is 186 g/mol. The monoisotopic (exact) mass is 186 g/mol. The van der Waals surface area contributed by atoms with E-state index in [0.717, 1.165) is 6.42 Å². The summed E-state index contributed by atoms with van der Waals surface area (Å²) in [6, 6.07) is 8.81. The first-order valence-corrected chi connectivity index (χ1v) is 5.36. The van der Waals surface area contributed by atoms with Crippen molar-refractivity contribution >= 4 is 0 Å². The van der Waals surface area contributed by atoms with Gasteiger partial charge in [-0.1, -0.05) is 57.2 Å². The fourth-order valence-electron chi connectivity index (χ4n) is 2.20. The van der Waals surface area contributed by atoms with E-state index in [-0.39, 0.29) is 0 Å². The third-order valence-electron chi connectivity index (χ3n) is 3.03. The van der Waals surface area contributed by atoms with Gasteiger partial charge in [-0.25, -0.2) is 0 Å². The molecule has 1 atom stereocenters. The van der Waals surface area contributed by atoms with E-state index in [2.05, 4.69) is 57.2 Å². The summed E-state index contributed by atoms with van der Waals surface area (Å²) in [5.41, 5.74) is 3.31. The van der Waals surface area contributed by atoms with Crippen LogP contribution in [0.1, 0.15) is 37.8 Å². The maximum absolute atomic E-state index is 2.36. The van der Waals surface area contributed by atoms with Crippen molar-refractivity contribution in [2.45, 2.75) is 33.1 Å². The van der Waals surface area contributed by atoms with Crippen molar-refractivity contribution in [1.29, 1.82) is 0 Å². The first-order valence-electron chi connectivity index (χ1n) is 5.36. The molecule has 0 saturated carbocycles. The molecule has 1 aliphatic rings. The lowest BCUT2D eigenvalue weighted by Gasteiger charge is -2.19. The molecular weight excluding hydrogens is 168 g/mol. The molecule has 0 heteroatoms.